The van der Waals surface area contributed by atoms with Crippen LogP contribution in [0.3, 0.4) is 0 Å². The van der Waals surface area contributed by atoms with Gasteiger partial charge in [-0.1, -0.05) is 239 Å². The predicted molar refractivity (Wildman–Crippen MR) is 493 cm³/mol. The number of benzene rings is 16. The summed E-state index contributed by atoms with van der Waals surface area (Å²) in [6, 6.07) is 118. The van der Waals surface area contributed by atoms with Crippen molar-refractivity contribution in [1.82, 2.24) is 9.13 Å². The maximum absolute atomic E-state index is 7.30. The number of nitrogens with two attached hydrogens (primary N) is 2. The van der Waals surface area contributed by atoms with Crippen LogP contribution >= 0.6 is 0 Å². The van der Waals surface area contributed by atoms with Gasteiger partial charge < -0.3 is 31.2 Å². The lowest BCUT2D eigenvalue weighted by molar-refractivity contribution is 0.658. The van der Waals surface area contributed by atoms with Crippen molar-refractivity contribution in [2.24, 2.45) is 0 Å². The van der Waals surface area contributed by atoms with Crippen LogP contribution in [0.1, 0.15) is 125 Å². The summed E-state index contributed by atoms with van der Waals surface area (Å²) >= 11 is 0. The van der Waals surface area contributed by atoms with Crippen LogP contribution < -0.4 is 22.1 Å². The average molecular weight is 1510 g/mol. The zero-order chi connectivity index (χ0) is 79.2. The van der Waals surface area contributed by atoms with Crippen LogP contribution in [0.15, 0.2) is 315 Å². The maximum atomic E-state index is 7.30. The summed E-state index contributed by atoms with van der Waals surface area (Å²) in [4.78, 5) is 0. The van der Waals surface area contributed by atoms with Gasteiger partial charge in [0.05, 0.1) is 22.1 Å². The lowest BCUT2D eigenvalue weighted by Gasteiger charge is -2.27. The van der Waals surface area contributed by atoms with Gasteiger partial charge in [-0.05, 0) is 290 Å². The van der Waals surface area contributed by atoms with E-state index in [2.05, 4.69) is 404 Å². The van der Waals surface area contributed by atoms with Crippen LogP contribution in [0, 0.1) is 0 Å². The molecular formula is C111H88N6. The summed E-state index contributed by atoms with van der Waals surface area (Å²) in [6.07, 6.45) is 0. The number of nitrogen functional groups attached to an aromatic ring is 2. The number of fused-ring (bicyclic) bond motifs is 21. The number of nitrogens with zero attached hydrogens (tertiary/aromatic N) is 2. The second kappa shape index (κ2) is 24.2. The largest absolute Gasteiger partial charge is 0.398 e. The molecule has 0 fully saturated rings. The second-order valence-electron chi connectivity index (χ2n) is 36.2. The molecule has 0 unspecified atom stereocenters. The molecule has 2 aromatic heterocycles. The number of aromatic nitrogens is 2. The summed E-state index contributed by atoms with van der Waals surface area (Å²) in [6.45, 7) is 23.8. The van der Waals surface area contributed by atoms with Gasteiger partial charge in [-0.25, -0.2) is 0 Å². The SMILES string of the molecule is CC1(C)c2cc(Nc3ccc4c(c3)C(C)(C)c3c-4ccc(N)c3-c3ccc4c(c3)C(C)(C)c3cc(-c5c(N)ccc6c5C(C)(C)c5cc(Nc7ccc8c(c7)C(C)(C)c7cc(-c9ccc%10c(c9)c9ccccc9n%10-c9ccccc9)ccc7-8)ccc5-6)ccc3-4)ccc2-c2ccc(-c3ccc4c(c3)c3ccccc3n4-c3ccccc3)cc21. The third kappa shape index (κ3) is 9.79. The van der Waals surface area contributed by atoms with Crippen molar-refractivity contribution in [1.29, 1.82) is 0 Å². The Morgan fingerprint density at radius 2 is 0.470 bits per heavy atom. The number of rotatable bonds is 10. The fourth-order valence-electron chi connectivity index (χ4n) is 22.0. The Bertz CT molecular complexity index is 6980. The fraction of sp³-hybridized carbons (Fsp3) is 0.135. The van der Waals surface area contributed by atoms with Gasteiger partial charge in [0.1, 0.15) is 0 Å². The fourth-order valence-corrected chi connectivity index (χ4v) is 22.0. The van der Waals surface area contributed by atoms with Crippen molar-refractivity contribution < 1.29 is 0 Å². The minimum Gasteiger partial charge on any atom is -0.398 e. The summed E-state index contributed by atoms with van der Waals surface area (Å²) in [5, 5.41) is 12.9. The molecule has 6 heteroatoms. The highest BCUT2D eigenvalue weighted by molar-refractivity contribution is 6.12. The Balaban J connectivity index is 0.500. The lowest BCUT2D eigenvalue weighted by atomic mass is 9.76. The highest BCUT2D eigenvalue weighted by Gasteiger charge is 2.44. The molecule has 2 heterocycles. The van der Waals surface area contributed by atoms with E-state index in [1.807, 2.05) is 0 Å². The summed E-state index contributed by atoms with van der Waals surface area (Å²) in [5.74, 6) is 0. The lowest BCUT2D eigenvalue weighted by Crippen LogP contribution is -2.18. The summed E-state index contributed by atoms with van der Waals surface area (Å²) < 4.78 is 4.77. The van der Waals surface area contributed by atoms with Gasteiger partial charge >= 0.3 is 0 Å². The number of anilines is 6. The Morgan fingerprint density at radius 3 is 0.829 bits per heavy atom. The Labute approximate surface area is 683 Å². The molecule has 0 bridgehead atoms. The molecule has 117 heavy (non-hydrogen) atoms. The first kappa shape index (κ1) is 68.9. The van der Waals surface area contributed by atoms with Crippen molar-refractivity contribution in [3.8, 4) is 112 Å². The third-order valence-corrected chi connectivity index (χ3v) is 27.9. The van der Waals surface area contributed by atoms with Gasteiger partial charge in [0.25, 0.3) is 0 Å². The molecule has 0 saturated carbocycles. The van der Waals surface area contributed by atoms with E-state index in [0.29, 0.717) is 0 Å². The molecule has 23 rings (SSSR count). The predicted octanol–water partition coefficient (Wildman–Crippen LogP) is 28.7. The van der Waals surface area contributed by atoms with E-state index in [9.17, 15) is 0 Å². The molecule has 5 aliphatic carbocycles. The van der Waals surface area contributed by atoms with Crippen LogP contribution in [-0.2, 0) is 27.1 Å². The number of nitrogens with one attached hydrogen (secondary N) is 2. The van der Waals surface area contributed by atoms with Gasteiger partial charge in [0, 0.05) is 105 Å². The molecule has 0 radical (unpaired) electrons. The van der Waals surface area contributed by atoms with E-state index in [1.54, 1.807) is 0 Å². The molecule has 0 amide bonds. The van der Waals surface area contributed by atoms with Gasteiger partial charge in [-0.2, -0.15) is 0 Å². The van der Waals surface area contributed by atoms with Crippen molar-refractivity contribution in [2.45, 2.75) is 96.3 Å². The van der Waals surface area contributed by atoms with Crippen molar-refractivity contribution in [2.75, 3.05) is 22.1 Å². The molecular weight excluding hydrogens is 1420 g/mol. The molecule has 16 aromatic carbocycles. The second-order valence-corrected chi connectivity index (χ2v) is 36.2. The molecule has 6 nitrogen and oxygen atoms in total. The number of hydrogen-bond donors (Lipinski definition) is 4. The van der Waals surface area contributed by atoms with Crippen LogP contribution in [0.2, 0.25) is 0 Å². The summed E-state index contributed by atoms with van der Waals surface area (Å²) in [5.41, 5.74) is 61.2. The van der Waals surface area contributed by atoms with Crippen molar-refractivity contribution >= 4 is 77.7 Å². The van der Waals surface area contributed by atoms with Crippen LogP contribution in [0.25, 0.3) is 155 Å². The molecule has 18 aromatic rings. The highest BCUT2D eigenvalue weighted by Crippen LogP contribution is 2.61. The van der Waals surface area contributed by atoms with Crippen molar-refractivity contribution in [3.63, 3.8) is 0 Å². The zero-order valence-corrected chi connectivity index (χ0v) is 67.6. The van der Waals surface area contributed by atoms with Gasteiger partial charge in [-0.15, -0.1) is 0 Å². The number of hydrogen-bond acceptors (Lipinski definition) is 4. The van der Waals surface area contributed by atoms with Crippen molar-refractivity contribution in [3.05, 3.63) is 371 Å². The van der Waals surface area contributed by atoms with Crippen LogP contribution in [0.4, 0.5) is 34.1 Å². The third-order valence-electron chi connectivity index (χ3n) is 27.9. The maximum Gasteiger partial charge on any atom is 0.0541 e. The van der Waals surface area contributed by atoms with E-state index in [0.717, 1.165) is 56.4 Å². The van der Waals surface area contributed by atoms with Gasteiger partial charge in [-0.3, -0.25) is 0 Å². The molecule has 562 valence electrons. The Kier molecular flexibility index (Phi) is 14.2. The Morgan fingerprint density at radius 1 is 0.214 bits per heavy atom. The molecule has 0 saturated heterocycles. The Hall–Kier alpha value is -13.7. The first-order chi connectivity index (χ1) is 56.6. The minimum atomic E-state index is -0.364. The standard InChI is InChI=1S/C111H88N6/c1-107(2)91-57-67(103-97(112)49-47-85-81-45-37-71(61-95(81)110(7,8)105(85)103)114-69-35-43-79-75-39-29-65(55-89(75)108(3,4)93(79)59-69)63-33-51-101-87(53-63)83-25-17-19-27-99(83)116(101)73-21-13-11-14-22-73)31-41-77(91)78-42-32-68(58-92(78)107)104-98(113)50-48-86-82-46-38-72(62-96(82)111(9,10)106(86)104)115-70-36-44-80-76-40-30-66(56-90(76)109(5,6)94(80)60-70)64-34-52-102-88(54-64)84-26-18-20-28-100(84)117(102)74-23-15-12-16-24-74/h11-62,114-115H,112-113H2,1-10H3. The first-order valence-electron chi connectivity index (χ1n) is 41.3. The van der Waals surface area contributed by atoms with E-state index in [1.165, 1.54) is 189 Å². The normalized spacial score (nSPS) is 15.2. The molecule has 0 spiro atoms. The molecule has 0 aliphatic heterocycles. The topological polar surface area (TPSA) is 86.0 Å². The van der Waals surface area contributed by atoms with E-state index < -0.39 is 0 Å². The molecule has 6 N–H and O–H groups in total. The van der Waals surface area contributed by atoms with E-state index in [-0.39, 0.29) is 27.1 Å². The summed E-state index contributed by atoms with van der Waals surface area (Å²) in [7, 11) is 0. The van der Waals surface area contributed by atoms with Crippen LogP contribution in [-0.4, -0.2) is 9.13 Å². The number of para-hydroxylation sites is 4. The molecule has 0 atom stereocenters. The smallest absolute Gasteiger partial charge is 0.0541 e. The highest BCUT2D eigenvalue weighted by atomic mass is 15.0. The van der Waals surface area contributed by atoms with Crippen LogP contribution in [0.5, 0.6) is 0 Å². The van der Waals surface area contributed by atoms with Gasteiger partial charge in [0.15, 0.2) is 0 Å². The average Bonchev–Trinajstić information content (AvgIpc) is 1.55. The molecule has 5 aliphatic rings. The minimum absolute atomic E-state index is 0.224. The van der Waals surface area contributed by atoms with E-state index in [4.69, 9.17) is 11.5 Å². The first-order valence-corrected chi connectivity index (χ1v) is 41.3. The monoisotopic (exact) mass is 1500 g/mol. The quantitative estimate of drug-likeness (QED) is 0.103. The zero-order valence-electron chi connectivity index (χ0n) is 67.6. The van der Waals surface area contributed by atoms with E-state index >= 15 is 0 Å². The van der Waals surface area contributed by atoms with Gasteiger partial charge in [0.2, 0.25) is 0 Å².